The molecule has 0 aliphatic heterocycles. The Morgan fingerprint density at radius 3 is 1.29 bits per heavy atom. The average Bonchev–Trinajstić information content (AvgIpc) is 1.53. The van der Waals surface area contributed by atoms with Gasteiger partial charge in [0, 0.05) is 71.9 Å². The lowest BCUT2D eigenvalue weighted by Gasteiger charge is -2.28. The van der Waals surface area contributed by atoms with Crippen molar-refractivity contribution in [3.05, 3.63) is 507 Å². The Bertz CT molecular complexity index is 11100. The highest BCUT2D eigenvalue weighted by atomic mass is 15.1. The molecule has 129 heavy (non-hydrogen) atoms. The van der Waals surface area contributed by atoms with Crippen LogP contribution >= 0.6 is 0 Å². The SMILES string of the molecule is [2H]c1c([2H])c(N(c2ccc(-c3ccccc3-c3ccccc3)cc2)c2ccc3c(c2)C(C)(C)c2ccccc2-3)c([2H])c([2H])c1-c1ccc2c(c1)c1ccccc1n2-c1cccc2ccccc12.[2H]c1c([2H])c([2H])c(-c2c([2H])c([2H])c(-c3c([2H])c([2H])c(N(c4c([2H])c([2H])c(-c5c([2H])c([2H])c([2H])c(-c6c([2H])c([2H])c([2H])c([2H])c6[2H])c5[2H])c([2H])c4[2H])c4c([2H])c([2H])c(-c5c([2H])c([2H])c6c(c5[2H])c5c([2H])c([2H])c([2H])c([2H])c5n6-c5c([2H])c([2H])c([2H])c6c([2H])c([2H])c([2H])c([2H])c56)c([2H])c4[2H])c([2H])c3[2H])c([2H])c2[2H])c([2H])c1[2H]. The molecule has 0 bridgehead atoms. The van der Waals surface area contributed by atoms with Gasteiger partial charge in [0.1, 0.15) is 0 Å². The molecule has 0 unspecified atom stereocenters. The number of aromatic nitrogens is 2. The molecule has 0 saturated heterocycles. The lowest BCUT2D eigenvalue weighted by atomic mass is 9.82. The van der Waals surface area contributed by atoms with Crippen LogP contribution in [-0.4, -0.2) is 9.13 Å². The highest BCUT2D eigenvalue weighted by Gasteiger charge is 2.36. The first kappa shape index (κ1) is 41.9. The zero-order valence-corrected chi connectivity index (χ0v) is 67.9. The van der Waals surface area contributed by atoms with Crippen molar-refractivity contribution in [2.24, 2.45) is 0 Å². The van der Waals surface area contributed by atoms with Gasteiger partial charge in [-0.15, -0.1) is 0 Å². The van der Waals surface area contributed by atoms with Crippen LogP contribution in [-0.2, 0) is 5.41 Å². The van der Waals surface area contributed by atoms with Crippen LogP contribution in [0.15, 0.2) is 496 Å². The molecule has 2 aromatic heterocycles. The molecule has 0 saturated carbocycles. The molecule has 0 radical (unpaired) electrons. The van der Waals surface area contributed by atoms with Gasteiger partial charge in [0.05, 0.1) is 99.2 Å². The van der Waals surface area contributed by atoms with Crippen LogP contribution in [0.5, 0.6) is 0 Å². The molecule has 1 aliphatic rings. The Kier molecular flexibility index (Phi) is 10.6. The molecular formula is C125H88N4. The molecular weight excluding hydrogens is 1560 g/mol. The van der Waals surface area contributed by atoms with E-state index in [1.165, 1.54) is 11.1 Å². The predicted octanol–water partition coefficient (Wildman–Crippen LogP) is 34.5. The fraction of sp³-hybridized carbons (Fsp3) is 0.0240. The van der Waals surface area contributed by atoms with Crippen LogP contribution < -0.4 is 9.80 Å². The number of para-hydroxylation sites is 2. The maximum absolute atomic E-state index is 9.98. The first-order chi connectivity index (χ1) is 83.8. The summed E-state index contributed by atoms with van der Waals surface area (Å²) in [5, 5.41) is 1.34. The summed E-state index contributed by atoms with van der Waals surface area (Å²) in [5.41, 5.74) is -2.25. The molecule has 0 amide bonds. The van der Waals surface area contributed by atoms with Gasteiger partial charge in [-0.05, 0) is 249 Å². The Balaban J connectivity index is 0.000000209. The third kappa shape index (κ3) is 14.2. The number of anilines is 6. The first-order valence-corrected chi connectivity index (χ1v) is 40.7. The van der Waals surface area contributed by atoms with E-state index in [1.807, 2.05) is 41.3 Å². The van der Waals surface area contributed by atoms with Crippen molar-refractivity contribution in [1.29, 1.82) is 0 Å². The zero-order chi connectivity index (χ0) is 128. The van der Waals surface area contributed by atoms with Gasteiger partial charge in [0.15, 0.2) is 0 Å². The number of hydrogen-bond donors (Lipinski definition) is 0. The van der Waals surface area contributed by atoms with Crippen LogP contribution in [0, 0.1) is 0 Å². The van der Waals surface area contributed by atoms with Crippen LogP contribution in [0.2, 0.25) is 0 Å². The van der Waals surface area contributed by atoms with Gasteiger partial charge in [0.2, 0.25) is 0 Å². The lowest BCUT2D eigenvalue weighted by molar-refractivity contribution is 0.660. The zero-order valence-electron chi connectivity index (χ0n) is 116. The molecule has 0 atom stereocenters. The highest BCUT2D eigenvalue weighted by Crippen LogP contribution is 2.52. The van der Waals surface area contributed by atoms with Gasteiger partial charge in [0.25, 0.3) is 0 Å². The minimum atomic E-state index is -1.51. The van der Waals surface area contributed by atoms with Gasteiger partial charge < -0.3 is 18.9 Å². The minimum absolute atomic E-state index is 0.0968. The fourth-order valence-corrected chi connectivity index (χ4v) is 16.7. The number of rotatable bonds is 16. The predicted molar refractivity (Wildman–Crippen MR) is 547 cm³/mol. The number of benzene rings is 21. The molecule has 1 aliphatic carbocycles. The molecule has 0 spiro atoms. The molecule has 2 heterocycles. The Labute approximate surface area is 819 Å². The van der Waals surface area contributed by atoms with Crippen molar-refractivity contribution in [1.82, 2.24) is 9.13 Å². The van der Waals surface area contributed by atoms with Crippen molar-refractivity contribution in [3.8, 4) is 112 Å². The summed E-state index contributed by atoms with van der Waals surface area (Å²) >= 11 is 0. The van der Waals surface area contributed by atoms with Crippen molar-refractivity contribution in [2.45, 2.75) is 19.3 Å². The van der Waals surface area contributed by atoms with E-state index in [4.69, 9.17) is 31.5 Å². The molecule has 0 fully saturated rings. The van der Waals surface area contributed by atoms with E-state index in [-0.39, 0.29) is 45.7 Å². The van der Waals surface area contributed by atoms with E-state index in [0.29, 0.717) is 10.1 Å². The maximum Gasteiger partial charge on any atom is 0.0645 e. The topological polar surface area (TPSA) is 16.3 Å². The van der Waals surface area contributed by atoms with Gasteiger partial charge in [-0.2, -0.15) is 0 Å². The summed E-state index contributed by atoms with van der Waals surface area (Å²) < 4.78 is 443. The Morgan fingerprint density at radius 2 is 0.628 bits per heavy atom. The minimum Gasteiger partial charge on any atom is -0.311 e. The van der Waals surface area contributed by atoms with Gasteiger partial charge in [-0.3, -0.25) is 0 Å². The van der Waals surface area contributed by atoms with E-state index >= 15 is 0 Å². The van der Waals surface area contributed by atoms with Crippen molar-refractivity contribution in [2.75, 3.05) is 9.80 Å². The van der Waals surface area contributed by atoms with Crippen LogP contribution in [0.1, 0.15) is 90.8 Å². The summed E-state index contributed by atoms with van der Waals surface area (Å²) in [6.45, 7) is 4.48. The van der Waals surface area contributed by atoms with E-state index in [0.717, 1.165) is 83.0 Å². The normalized spacial score (nSPS) is 17.2. The average molecular weight is 1690 g/mol. The quantitative estimate of drug-likeness (QED) is 0.0959. The summed E-state index contributed by atoms with van der Waals surface area (Å²) in [4.78, 5) is 2.05. The number of hydrogen-bond acceptors (Lipinski definition) is 2. The van der Waals surface area contributed by atoms with Crippen LogP contribution in [0.3, 0.4) is 0 Å². The second-order valence-electron chi connectivity index (χ2n) is 30.5. The largest absolute Gasteiger partial charge is 0.311 e. The van der Waals surface area contributed by atoms with Crippen molar-refractivity contribution in [3.63, 3.8) is 0 Å². The molecule has 0 N–H and O–H groups in total. The number of fused-ring (bicyclic) bond motifs is 11. The van der Waals surface area contributed by atoms with E-state index in [2.05, 4.69) is 188 Å². The lowest BCUT2D eigenvalue weighted by Crippen LogP contribution is -2.16. The second-order valence-corrected chi connectivity index (χ2v) is 30.5. The van der Waals surface area contributed by atoms with E-state index in [9.17, 15) is 34.3 Å². The third-order valence-electron chi connectivity index (χ3n) is 22.8. The third-order valence-corrected chi connectivity index (χ3v) is 22.8. The molecule has 24 rings (SSSR count). The van der Waals surface area contributed by atoms with Crippen LogP contribution in [0.25, 0.3) is 177 Å². The van der Waals surface area contributed by atoms with Crippen molar-refractivity contribution >= 4 is 99.3 Å². The highest BCUT2D eigenvalue weighted by molar-refractivity contribution is 6.13. The van der Waals surface area contributed by atoms with E-state index in [1.54, 1.807) is 0 Å². The van der Waals surface area contributed by atoms with Gasteiger partial charge >= 0.3 is 0 Å². The number of nitrogens with zero attached hydrogens (tertiary/aromatic N) is 4. The first-order valence-electron chi connectivity index (χ1n) is 64.7. The smallest absolute Gasteiger partial charge is 0.0645 e. The summed E-state index contributed by atoms with van der Waals surface area (Å²) in [6, 6.07) is 19.5. The van der Waals surface area contributed by atoms with Gasteiger partial charge in [-0.25, -0.2) is 0 Å². The monoisotopic (exact) mass is 1690 g/mol. The second kappa shape index (κ2) is 32.8. The van der Waals surface area contributed by atoms with Gasteiger partial charge in [-0.1, -0.05) is 383 Å². The standard InChI is InChI=1S/C64H44N2.C61H44N2/c1-3-13-45(14-4-1)47-25-27-48(28-26-47)49-29-36-56(37-30-49)65(57-38-31-50(32-39-57)54-20-11-19-53(43-54)46-15-5-2-6-16-46)58-40-33-51(34-41-58)55-35-42-64-61(44-55)60-22-9-10-23-63(60)66(64)62-24-12-18-52-17-7-8-21-59(52)62;1-61(2)56-24-12-10-22-52(56)53-37-36-48(40-57(53)61)62(47-34-29-44(30-35-47)50-20-9-8-19-49(50)42-15-4-3-5-16-42)46-32-27-41(28-33-46)45-31-38-60-55(39-45)54-23-11-13-25-59(54)63(60)58-26-14-18-43-17-6-7-21-51(43)58/h1-44H;3-40H,1-2H3/i1D,2D,3D,4D,5D,6D,7D,8D,9D,10D,11D,12D,13D,14D,15D,16D,17D,18D,19D,20D,21D,22D,23D,24D,25D,26D,27D,28D,29D,30D,31D,32D,33D,34D,35D,36D,37D,38D,39D,40D,41D,42D,43D,44D;27D,28D,32D,33D. The maximum atomic E-state index is 9.98. The molecule has 23 aromatic rings. The summed E-state index contributed by atoms with van der Waals surface area (Å²) in [5.74, 6) is 0. The summed E-state index contributed by atoms with van der Waals surface area (Å²) in [6.07, 6.45) is 0. The van der Waals surface area contributed by atoms with E-state index < -0.39 is 377 Å². The van der Waals surface area contributed by atoms with Crippen LogP contribution in [0.4, 0.5) is 34.1 Å². The summed E-state index contributed by atoms with van der Waals surface area (Å²) in [7, 11) is 0. The Hall–Kier alpha value is -16.7. The Morgan fingerprint density at radius 1 is 0.202 bits per heavy atom. The molecule has 4 nitrogen and oxygen atoms in total. The molecule has 608 valence electrons. The molecule has 21 aromatic carbocycles. The molecule has 4 heteroatoms. The fourth-order valence-electron chi connectivity index (χ4n) is 16.7. The van der Waals surface area contributed by atoms with Crippen molar-refractivity contribution < 1.29 is 65.8 Å².